The third-order valence-electron chi connectivity index (χ3n) is 3.14. The van der Waals surface area contributed by atoms with E-state index in [0.717, 1.165) is 6.92 Å². The number of methoxy groups -OCH3 is 3. The zero-order chi connectivity index (χ0) is 17.6. The minimum absolute atomic E-state index is 0.0746. The van der Waals surface area contributed by atoms with Crippen LogP contribution < -0.4 is 14.2 Å². The first-order valence-electron chi connectivity index (χ1n) is 6.92. The van der Waals surface area contributed by atoms with Gasteiger partial charge in [0.15, 0.2) is 29.0 Å². The van der Waals surface area contributed by atoms with Gasteiger partial charge in [0, 0.05) is 5.56 Å². The van der Waals surface area contributed by atoms with Gasteiger partial charge in [0.1, 0.15) is 0 Å². The maximum Gasteiger partial charge on any atom is 0.324 e. The van der Waals surface area contributed by atoms with Crippen molar-refractivity contribution in [1.29, 1.82) is 0 Å². The maximum atomic E-state index is 12.6. The molecule has 0 heterocycles. The van der Waals surface area contributed by atoms with Crippen molar-refractivity contribution >= 4 is 17.5 Å². The SMILES string of the molecule is CCOC(=O)[C@@H](C(C)=O)C(=O)c1cc(OC)c(OC)c(OC)c1. The van der Waals surface area contributed by atoms with Crippen molar-refractivity contribution in [3.05, 3.63) is 17.7 Å². The molecule has 0 unspecified atom stereocenters. The molecule has 0 saturated carbocycles. The van der Waals surface area contributed by atoms with E-state index in [1.54, 1.807) is 6.92 Å². The molecule has 0 aliphatic carbocycles. The van der Waals surface area contributed by atoms with Gasteiger partial charge >= 0.3 is 5.97 Å². The summed E-state index contributed by atoms with van der Waals surface area (Å²) in [4.78, 5) is 36.1. The first-order valence-corrected chi connectivity index (χ1v) is 6.92. The molecule has 1 rings (SSSR count). The Balaban J connectivity index is 3.35. The molecule has 0 N–H and O–H groups in total. The van der Waals surface area contributed by atoms with E-state index >= 15 is 0 Å². The number of rotatable bonds is 8. The fourth-order valence-corrected chi connectivity index (χ4v) is 2.07. The second-order valence-corrected chi connectivity index (χ2v) is 4.57. The van der Waals surface area contributed by atoms with Crippen LogP contribution in [0.1, 0.15) is 24.2 Å². The van der Waals surface area contributed by atoms with Crippen LogP contribution in [0.3, 0.4) is 0 Å². The van der Waals surface area contributed by atoms with Crippen LogP contribution in [-0.4, -0.2) is 45.5 Å². The van der Waals surface area contributed by atoms with Crippen LogP contribution in [0.5, 0.6) is 17.2 Å². The summed E-state index contributed by atoms with van der Waals surface area (Å²) in [7, 11) is 4.23. The summed E-state index contributed by atoms with van der Waals surface area (Å²) in [6.07, 6.45) is 0. The monoisotopic (exact) mass is 324 g/mol. The van der Waals surface area contributed by atoms with E-state index < -0.39 is 23.5 Å². The molecule has 0 amide bonds. The molecule has 1 atom stereocenters. The number of hydrogen-bond acceptors (Lipinski definition) is 7. The molecule has 0 aliphatic heterocycles. The molecular weight excluding hydrogens is 304 g/mol. The lowest BCUT2D eigenvalue weighted by Crippen LogP contribution is -2.32. The molecule has 1 aromatic carbocycles. The van der Waals surface area contributed by atoms with Crippen molar-refractivity contribution in [3.63, 3.8) is 0 Å². The number of ether oxygens (including phenoxy) is 4. The second kappa shape index (κ2) is 8.17. The summed E-state index contributed by atoms with van der Waals surface area (Å²) in [6, 6.07) is 2.78. The van der Waals surface area contributed by atoms with E-state index in [1.165, 1.54) is 33.5 Å². The minimum atomic E-state index is -1.52. The highest BCUT2D eigenvalue weighted by atomic mass is 16.5. The Hall–Kier alpha value is -2.57. The highest BCUT2D eigenvalue weighted by molar-refractivity contribution is 6.22. The van der Waals surface area contributed by atoms with Crippen molar-refractivity contribution in [3.8, 4) is 17.2 Å². The third-order valence-corrected chi connectivity index (χ3v) is 3.14. The van der Waals surface area contributed by atoms with Crippen LogP contribution in [0.25, 0.3) is 0 Å². The summed E-state index contributed by atoms with van der Waals surface area (Å²) in [5, 5.41) is 0. The molecule has 126 valence electrons. The average Bonchev–Trinajstić information content (AvgIpc) is 2.53. The van der Waals surface area contributed by atoms with E-state index in [1.807, 2.05) is 0 Å². The maximum absolute atomic E-state index is 12.6. The number of ketones is 2. The fraction of sp³-hybridized carbons (Fsp3) is 0.438. The van der Waals surface area contributed by atoms with Crippen molar-refractivity contribution in [1.82, 2.24) is 0 Å². The zero-order valence-corrected chi connectivity index (χ0v) is 13.8. The highest BCUT2D eigenvalue weighted by Gasteiger charge is 2.34. The van der Waals surface area contributed by atoms with Crippen LogP contribution in [0, 0.1) is 5.92 Å². The molecular formula is C16H20O7. The molecule has 0 fully saturated rings. The number of carbonyl (C=O) groups is 3. The smallest absolute Gasteiger partial charge is 0.324 e. The largest absolute Gasteiger partial charge is 0.493 e. The fourth-order valence-electron chi connectivity index (χ4n) is 2.07. The van der Waals surface area contributed by atoms with E-state index in [9.17, 15) is 14.4 Å². The Morgan fingerprint density at radius 1 is 1.00 bits per heavy atom. The zero-order valence-electron chi connectivity index (χ0n) is 13.8. The number of hydrogen-bond donors (Lipinski definition) is 0. The normalized spacial score (nSPS) is 11.3. The van der Waals surface area contributed by atoms with Gasteiger partial charge in [-0.05, 0) is 26.0 Å². The molecule has 0 radical (unpaired) electrons. The van der Waals surface area contributed by atoms with Crippen LogP contribution in [0.4, 0.5) is 0 Å². The van der Waals surface area contributed by atoms with Gasteiger partial charge < -0.3 is 18.9 Å². The predicted molar refractivity (Wildman–Crippen MR) is 81.2 cm³/mol. The van der Waals surface area contributed by atoms with Gasteiger partial charge in [0.25, 0.3) is 0 Å². The quantitative estimate of drug-likeness (QED) is 0.408. The Labute approximate surface area is 134 Å². The van der Waals surface area contributed by atoms with Gasteiger partial charge in [-0.25, -0.2) is 0 Å². The number of benzene rings is 1. The van der Waals surface area contributed by atoms with E-state index in [4.69, 9.17) is 18.9 Å². The van der Waals surface area contributed by atoms with Gasteiger partial charge in [0.05, 0.1) is 27.9 Å². The number of esters is 1. The van der Waals surface area contributed by atoms with Crippen molar-refractivity contribution < 1.29 is 33.3 Å². The van der Waals surface area contributed by atoms with Crippen LogP contribution in [0.15, 0.2) is 12.1 Å². The topological polar surface area (TPSA) is 88.1 Å². The Morgan fingerprint density at radius 3 is 1.87 bits per heavy atom. The lowest BCUT2D eigenvalue weighted by molar-refractivity contribution is -0.148. The van der Waals surface area contributed by atoms with Crippen LogP contribution in [0.2, 0.25) is 0 Å². The van der Waals surface area contributed by atoms with Gasteiger partial charge in [0.2, 0.25) is 5.75 Å². The first kappa shape index (κ1) is 18.5. The Kier molecular flexibility index (Phi) is 6.56. The highest BCUT2D eigenvalue weighted by Crippen LogP contribution is 2.38. The average molecular weight is 324 g/mol. The second-order valence-electron chi connectivity index (χ2n) is 4.57. The van der Waals surface area contributed by atoms with Crippen LogP contribution >= 0.6 is 0 Å². The summed E-state index contributed by atoms with van der Waals surface area (Å²) in [6.45, 7) is 2.83. The Morgan fingerprint density at radius 2 is 1.52 bits per heavy atom. The summed E-state index contributed by atoms with van der Waals surface area (Å²) >= 11 is 0. The lowest BCUT2D eigenvalue weighted by Gasteiger charge is -2.16. The van der Waals surface area contributed by atoms with Crippen LogP contribution in [-0.2, 0) is 14.3 Å². The van der Waals surface area contributed by atoms with Gasteiger partial charge in [-0.15, -0.1) is 0 Å². The minimum Gasteiger partial charge on any atom is -0.493 e. The standard InChI is InChI=1S/C16H20O7/c1-6-23-16(19)13(9(2)17)14(18)10-7-11(20-3)15(22-5)12(8-10)21-4/h7-8,13H,6H2,1-5H3/t13-/m0/s1. The number of carbonyl (C=O) groups excluding carboxylic acids is 3. The summed E-state index contributed by atoms with van der Waals surface area (Å²) in [5.41, 5.74) is 0.0905. The molecule has 23 heavy (non-hydrogen) atoms. The molecule has 0 aromatic heterocycles. The molecule has 7 heteroatoms. The van der Waals surface area contributed by atoms with Gasteiger partial charge in [-0.2, -0.15) is 0 Å². The molecule has 0 saturated heterocycles. The molecule has 0 bridgehead atoms. The van der Waals surface area contributed by atoms with Crippen molar-refractivity contribution in [2.75, 3.05) is 27.9 Å². The predicted octanol–water partition coefficient (Wildman–Crippen LogP) is 1.66. The van der Waals surface area contributed by atoms with E-state index in [0.29, 0.717) is 5.75 Å². The van der Waals surface area contributed by atoms with Crippen molar-refractivity contribution in [2.45, 2.75) is 13.8 Å². The number of Topliss-reactive ketones (excluding diaryl/α,β-unsaturated/α-hetero) is 2. The molecule has 0 spiro atoms. The third kappa shape index (κ3) is 4.00. The first-order chi connectivity index (χ1) is 10.9. The Bertz CT molecular complexity index is 581. The van der Waals surface area contributed by atoms with Crippen molar-refractivity contribution in [2.24, 2.45) is 5.92 Å². The lowest BCUT2D eigenvalue weighted by atomic mass is 9.94. The van der Waals surface area contributed by atoms with E-state index in [2.05, 4.69) is 0 Å². The molecule has 7 nitrogen and oxygen atoms in total. The van der Waals surface area contributed by atoms with E-state index in [-0.39, 0.29) is 23.7 Å². The molecule has 0 aliphatic rings. The van der Waals surface area contributed by atoms with Gasteiger partial charge in [-0.1, -0.05) is 0 Å². The molecule has 1 aromatic rings. The summed E-state index contributed by atoms with van der Waals surface area (Å²) in [5.74, 6) is -2.86. The summed E-state index contributed by atoms with van der Waals surface area (Å²) < 4.78 is 20.3. The van der Waals surface area contributed by atoms with Gasteiger partial charge in [-0.3, -0.25) is 14.4 Å².